The fourth-order valence-electron chi connectivity index (χ4n) is 0.903. The van der Waals surface area contributed by atoms with E-state index in [2.05, 4.69) is 13.2 Å². The highest BCUT2D eigenvalue weighted by Gasteiger charge is 2.16. The lowest BCUT2D eigenvalue weighted by Gasteiger charge is -2.11. The van der Waals surface area contributed by atoms with Gasteiger partial charge in [0.1, 0.15) is 0 Å². The van der Waals surface area contributed by atoms with Gasteiger partial charge < -0.3 is 14.6 Å². The van der Waals surface area contributed by atoms with Crippen molar-refractivity contribution in [3.63, 3.8) is 0 Å². The van der Waals surface area contributed by atoms with E-state index in [1.807, 2.05) is 6.92 Å². The van der Waals surface area contributed by atoms with E-state index in [0.717, 1.165) is 6.42 Å². The van der Waals surface area contributed by atoms with Crippen molar-refractivity contribution in [1.82, 2.24) is 0 Å². The van der Waals surface area contributed by atoms with Gasteiger partial charge in [-0.05, 0) is 6.42 Å². The molecule has 0 aromatic carbocycles. The Morgan fingerprint density at radius 3 is 2.80 bits per heavy atom. The van der Waals surface area contributed by atoms with Crippen molar-refractivity contribution >= 4 is 5.97 Å². The van der Waals surface area contributed by atoms with Crippen molar-refractivity contribution in [2.24, 2.45) is 0 Å². The Labute approximate surface area is 90.2 Å². The van der Waals surface area contributed by atoms with Crippen LogP contribution in [0.1, 0.15) is 19.8 Å². The molecule has 0 heterocycles. The average molecular weight is 214 g/mol. The summed E-state index contributed by atoms with van der Waals surface area (Å²) in [6, 6.07) is 0. The van der Waals surface area contributed by atoms with Gasteiger partial charge in [-0.25, -0.2) is 4.79 Å². The molecule has 0 saturated carbocycles. The highest BCUT2D eigenvalue weighted by atomic mass is 16.7. The van der Waals surface area contributed by atoms with Crippen LogP contribution in [0.5, 0.6) is 0 Å². The van der Waals surface area contributed by atoms with Gasteiger partial charge in [-0.1, -0.05) is 26.0 Å². The Hall–Kier alpha value is -1.13. The predicted molar refractivity (Wildman–Crippen MR) is 57.2 cm³/mol. The van der Waals surface area contributed by atoms with Crippen LogP contribution in [0, 0.1) is 0 Å². The highest BCUT2D eigenvalue weighted by molar-refractivity contribution is 5.88. The molecule has 0 aromatic rings. The van der Waals surface area contributed by atoms with E-state index < -0.39 is 12.1 Å². The first kappa shape index (κ1) is 13.9. The van der Waals surface area contributed by atoms with Gasteiger partial charge in [0.2, 0.25) is 0 Å². The van der Waals surface area contributed by atoms with E-state index in [1.54, 1.807) is 6.08 Å². The van der Waals surface area contributed by atoms with E-state index >= 15 is 0 Å². The Morgan fingerprint density at radius 2 is 2.27 bits per heavy atom. The van der Waals surface area contributed by atoms with E-state index in [0.29, 0.717) is 13.0 Å². The number of aliphatic hydroxyl groups is 1. The maximum atomic E-state index is 11.2. The number of hydrogen-bond acceptors (Lipinski definition) is 4. The first-order valence-electron chi connectivity index (χ1n) is 4.86. The highest BCUT2D eigenvalue weighted by Crippen LogP contribution is 2.08. The Kier molecular flexibility index (Phi) is 7.58. The Balaban J connectivity index is 3.78. The zero-order valence-electron chi connectivity index (χ0n) is 9.07. The standard InChI is InChI=1S/C11H18O4/c1-4-6-10(12)9(3)11(13)15-8-14-7-5-2/h5,10,12H,2-4,6-8H2,1H3. The van der Waals surface area contributed by atoms with Gasteiger partial charge in [0.15, 0.2) is 6.79 Å². The minimum atomic E-state index is -0.832. The molecule has 0 aliphatic heterocycles. The zero-order chi connectivity index (χ0) is 11.7. The van der Waals surface area contributed by atoms with Crippen molar-refractivity contribution in [2.45, 2.75) is 25.9 Å². The summed E-state index contributed by atoms with van der Waals surface area (Å²) in [5, 5.41) is 9.43. The number of aliphatic hydroxyl groups excluding tert-OH is 1. The van der Waals surface area contributed by atoms with Crippen molar-refractivity contribution in [3.8, 4) is 0 Å². The van der Waals surface area contributed by atoms with Gasteiger partial charge in [-0.3, -0.25) is 0 Å². The number of hydrogen-bond donors (Lipinski definition) is 1. The molecule has 0 aliphatic carbocycles. The molecule has 0 aromatic heterocycles. The number of esters is 1. The van der Waals surface area contributed by atoms with Gasteiger partial charge in [0.25, 0.3) is 0 Å². The predicted octanol–water partition coefficient (Wildman–Crippen LogP) is 1.41. The molecule has 0 bridgehead atoms. The van der Waals surface area contributed by atoms with Gasteiger partial charge in [0.05, 0.1) is 18.3 Å². The maximum absolute atomic E-state index is 11.2. The van der Waals surface area contributed by atoms with Crippen LogP contribution in [0.4, 0.5) is 0 Å². The SMILES string of the molecule is C=CCOCOC(=O)C(=C)C(O)CCC. The molecule has 1 N–H and O–H groups in total. The number of rotatable bonds is 8. The quantitative estimate of drug-likeness (QED) is 0.218. The Morgan fingerprint density at radius 1 is 1.60 bits per heavy atom. The van der Waals surface area contributed by atoms with Gasteiger partial charge in [-0.2, -0.15) is 0 Å². The minimum absolute atomic E-state index is 0.0686. The molecule has 15 heavy (non-hydrogen) atoms. The molecule has 0 rings (SSSR count). The van der Waals surface area contributed by atoms with E-state index in [9.17, 15) is 9.90 Å². The summed E-state index contributed by atoms with van der Waals surface area (Å²) in [6.07, 6.45) is 2.00. The third kappa shape index (κ3) is 6.04. The summed E-state index contributed by atoms with van der Waals surface area (Å²) in [4.78, 5) is 11.2. The molecular weight excluding hydrogens is 196 g/mol. The molecule has 0 saturated heterocycles. The summed E-state index contributed by atoms with van der Waals surface area (Å²) in [7, 11) is 0. The van der Waals surface area contributed by atoms with Crippen LogP contribution < -0.4 is 0 Å². The second-order valence-corrected chi connectivity index (χ2v) is 3.04. The van der Waals surface area contributed by atoms with Gasteiger partial charge in [-0.15, -0.1) is 6.58 Å². The minimum Gasteiger partial charge on any atom is -0.435 e. The largest absolute Gasteiger partial charge is 0.435 e. The van der Waals surface area contributed by atoms with E-state index in [-0.39, 0.29) is 12.4 Å². The molecule has 1 unspecified atom stereocenters. The normalized spacial score (nSPS) is 11.9. The van der Waals surface area contributed by atoms with E-state index in [4.69, 9.17) is 9.47 Å². The lowest BCUT2D eigenvalue weighted by molar-refractivity contribution is -0.151. The van der Waals surface area contributed by atoms with Crippen LogP contribution in [-0.4, -0.2) is 30.6 Å². The summed E-state index contributed by atoms with van der Waals surface area (Å²) in [5.41, 5.74) is 0.0686. The summed E-state index contributed by atoms with van der Waals surface area (Å²) in [5.74, 6) is -0.625. The first-order valence-corrected chi connectivity index (χ1v) is 4.86. The molecule has 0 radical (unpaired) electrons. The lowest BCUT2D eigenvalue weighted by atomic mass is 10.1. The van der Waals surface area contributed by atoms with Crippen molar-refractivity contribution < 1.29 is 19.4 Å². The van der Waals surface area contributed by atoms with Crippen LogP contribution in [0.2, 0.25) is 0 Å². The number of ether oxygens (including phenoxy) is 2. The number of carbonyl (C=O) groups excluding carboxylic acids is 1. The van der Waals surface area contributed by atoms with Crippen molar-refractivity contribution in [1.29, 1.82) is 0 Å². The molecule has 4 heteroatoms. The van der Waals surface area contributed by atoms with Crippen LogP contribution >= 0.6 is 0 Å². The number of carbonyl (C=O) groups is 1. The fourth-order valence-corrected chi connectivity index (χ4v) is 0.903. The zero-order valence-corrected chi connectivity index (χ0v) is 9.07. The molecule has 86 valence electrons. The molecule has 1 atom stereocenters. The second kappa shape index (κ2) is 8.20. The van der Waals surface area contributed by atoms with Crippen molar-refractivity contribution in [3.05, 3.63) is 24.8 Å². The van der Waals surface area contributed by atoms with E-state index in [1.165, 1.54) is 0 Å². The molecule has 0 spiro atoms. The van der Waals surface area contributed by atoms with Crippen LogP contribution in [-0.2, 0) is 14.3 Å². The second-order valence-electron chi connectivity index (χ2n) is 3.04. The van der Waals surface area contributed by atoms with Crippen molar-refractivity contribution in [2.75, 3.05) is 13.4 Å². The molecule has 0 amide bonds. The van der Waals surface area contributed by atoms with Gasteiger partial charge in [0, 0.05) is 0 Å². The summed E-state index contributed by atoms with van der Waals surface area (Å²) >= 11 is 0. The smallest absolute Gasteiger partial charge is 0.338 e. The topological polar surface area (TPSA) is 55.8 Å². The summed E-state index contributed by atoms with van der Waals surface area (Å²) in [6.45, 7) is 8.99. The average Bonchev–Trinajstić information content (AvgIpc) is 2.23. The third-order valence-electron chi connectivity index (χ3n) is 1.74. The van der Waals surface area contributed by atoms with Crippen LogP contribution in [0.25, 0.3) is 0 Å². The first-order chi connectivity index (χ1) is 7.13. The third-order valence-corrected chi connectivity index (χ3v) is 1.74. The van der Waals surface area contributed by atoms with Gasteiger partial charge >= 0.3 is 5.97 Å². The summed E-state index contributed by atoms with van der Waals surface area (Å²) < 4.78 is 9.56. The fraction of sp³-hybridized carbons (Fsp3) is 0.545. The van der Waals surface area contributed by atoms with Crippen LogP contribution in [0.15, 0.2) is 24.8 Å². The van der Waals surface area contributed by atoms with Crippen LogP contribution in [0.3, 0.4) is 0 Å². The molecule has 4 nitrogen and oxygen atoms in total. The molecular formula is C11H18O4. The Bertz CT molecular complexity index is 223. The lowest BCUT2D eigenvalue weighted by Crippen LogP contribution is -2.20. The molecule has 0 aliphatic rings. The maximum Gasteiger partial charge on any atom is 0.338 e. The monoisotopic (exact) mass is 214 g/mol. The molecule has 0 fully saturated rings.